The maximum Gasteiger partial charge on any atom is 0.128 e. The number of aryl methyl sites for hydroxylation is 1. The van der Waals surface area contributed by atoms with E-state index in [2.05, 4.69) is 17.1 Å². The molecule has 0 fully saturated rings. The van der Waals surface area contributed by atoms with Crippen molar-refractivity contribution in [2.75, 3.05) is 6.61 Å². The van der Waals surface area contributed by atoms with Gasteiger partial charge in [-0.2, -0.15) is 0 Å². The zero-order chi connectivity index (χ0) is 12.8. The smallest absolute Gasteiger partial charge is 0.128 e. The predicted octanol–water partition coefficient (Wildman–Crippen LogP) is 3.45. The van der Waals surface area contributed by atoms with Crippen molar-refractivity contribution in [1.82, 2.24) is 9.55 Å². The number of benzene rings is 1. The van der Waals surface area contributed by atoms with Gasteiger partial charge in [0.05, 0.1) is 12.8 Å². The highest BCUT2D eigenvalue weighted by Gasteiger charge is 2.03. The lowest BCUT2D eigenvalue weighted by Gasteiger charge is -2.07. The molecule has 0 spiro atoms. The molecule has 0 aliphatic rings. The first-order chi connectivity index (χ1) is 8.77. The molecular formula is C14H17ClN2O. The molecule has 4 heteroatoms. The van der Waals surface area contributed by atoms with Crippen LogP contribution in [0.5, 0.6) is 0 Å². The van der Waals surface area contributed by atoms with E-state index in [4.69, 9.17) is 16.3 Å². The van der Waals surface area contributed by atoms with E-state index >= 15 is 0 Å². The van der Waals surface area contributed by atoms with Crippen LogP contribution >= 0.6 is 11.6 Å². The van der Waals surface area contributed by atoms with Gasteiger partial charge in [0.15, 0.2) is 0 Å². The van der Waals surface area contributed by atoms with Gasteiger partial charge in [0.25, 0.3) is 0 Å². The Morgan fingerprint density at radius 2 is 2.06 bits per heavy atom. The second kappa shape index (κ2) is 6.57. The Kier molecular flexibility index (Phi) is 4.79. The van der Waals surface area contributed by atoms with Crippen molar-refractivity contribution in [3.8, 4) is 0 Å². The van der Waals surface area contributed by atoms with Crippen LogP contribution in [0, 0.1) is 6.92 Å². The Labute approximate surface area is 112 Å². The monoisotopic (exact) mass is 264 g/mol. The fourth-order valence-corrected chi connectivity index (χ4v) is 2.05. The Balaban J connectivity index is 1.68. The summed E-state index contributed by atoms with van der Waals surface area (Å²) in [6.07, 6.45) is 2.62. The Hall–Kier alpha value is -1.32. The van der Waals surface area contributed by atoms with Crippen molar-refractivity contribution < 1.29 is 4.74 Å². The molecule has 1 heterocycles. The highest BCUT2D eigenvalue weighted by Crippen LogP contribution is 2.11. The van der Waals surface area contributed by atoms with E-state index in [-0.39, 0.29) is 0 Å². The Morgan fingerprint density at radius 3 is 2.72 bits per heavy atom. The highest BCUT2D eigenvalue weighted by atomic mass is 35.5. The summed E-state index contributed by atoms with van der Waals surface area (Å²) in [5.74, 6) is 0.947. The molecule has 18 heavy (non-hydrogen) atoms. The number of aromatic nitrogens is 2. The van der Waals surface area contributed by atoms with Crippen LogP contribution < -0.4 is 0 Å². The topological polar surface area (TPSA) is 27.1 Å². The highest BCUT2D eigenvalue weighted by molar-refractivity contribution is 6.29. The molecule has 0 atom stereocenters. The summed E-state index contributed by atoms with van der Waals surface area (Å²) in [5, 5.41) is 0.690. The molecule has 0 amide bonds. The van der Waals surface area contributed by atoms with Gasteiger partial charge >= 0.3 is 0 Å². The van der Waals surface area contributed by atoms with Gasteiger partial charge in [0.1, 0.15) is 11.0 Å². The maximum atomic E-state index is 6.01. The van der Waals surface area contributed by atoms with Crippen molar-refractivity contribution in [2.24, 2.45) is 0 Å². The molecule has 96 valence electrons. The van der Waals surface area contributed by atoms with Crippen LogP contribution in [-0.4, -0.2) is 16.2 Å². The van der Waals surface area contributed by atoms with Gasteiger partial charge in [-0.1, -0.05) is 41.9 Å². The molecule has 2 rings (SSSR count). The van der Waals surface area contributed by atoms with Crippen molar-refractivity contribution in [1.29, 1.82) is 0 Å². The summed E-state index contributed by atoms with van der Waals surface area (Å²) in [7, 11) is 0. The molecule has 1 aromatic heterocycles. The van der Waals surface area contributed by atoms with Crippen molar-refractivity contribution in [3.05, 3.63) is 53.1 Å². The summed E-state index contributed by atoms with van der Waals surface area (Å²) in [5.41, 5.74) is 1.20. The normalized spacial score (nSPS) is 10.8. The van der Waals surface area contributed by atoms with Crippen LogP contribution in [0.25, 0.3) is 0 Å². The lowest BCUT2D eigenvalue weighted by atomic mass is 10.2. The zero-order valence-corrected chi connectivity index (χ0v) is 11.2. The summed E-state index contributed by atoms with van der Waals surface area (Å²) < 4.78 is 7.61. The summed E-state index contributed by atoms with van der Waals surface area (Å²) >= 11 is 6.01. The zero-order valence-electron chi connectivity index (χ0n) is 10.5. The average Bonchev–Trinajstić information content (AvgIpc) is 2.71. The number of imidazole rings is 1. The van der Waals surface area contributed by atoms with Gasteiger partial charge in [0, 0.05) is 13.2 Å². The first-order valence-corrected chi connectivity index (χ1v) is 6.44. The van der Waals surface area contributed by atoms with E-state index in [9.17, 15) is 0 Å². The Morgan fingerprint density at radius 1 is 1.28 bits per heavy atom. The number of nitrogens with zero attached hydrogens (tertiary/aromatic N) is 2. The second-order valence-corrected chi connectivity index (χ2v) is 4.56. The molecule has 0 N–H and O–H groups in total. The second-order valence-electron chi connectivity index (χ2n) is 4.17. The Bertz CT molecular complexity index is 462. The molecule has 0 saturated heterocycles. The van der Waals surface area contributed by atoms with Gasteiger partial charge < -0.3 is 9.30 Å². The van der Waals surface area contributed by atoms with E-state index in [1.807, 2.05) is 29.7 Å². The van der Waals surface area contributed by atoms with E-state index < -0.39 is 0 Å². The van der Waals surface area contributed by atoms with E-state index in [1.54, 1.807) is 6.20 Å². The predicted molar refractivity (Wildman–Crippen MR) is 72.7 cm³/mol. The van der Waals surface area contributed by atoms with Gasteiger partial charge in [0.2, 0.25) is 0 Å². The molecule has 0 saturated carbocycles. The molecule has 0 unspecified atom stereocenters. The molecule has 0 aliphatic carbocycles. The average molecular weight is 265 g/mol. The first-order valence-electron chi connectivity index (χ1n) is 6.06. The molecule has 0 bridgehead atoms. The van der Waals surface area contributed by atoms with Gasteiger partial charge in [-0.3, -0.25) is 0 Å². The van der Waals surface area contributed by atoms with Gasteiger partial charge in [-0.15, -0.1) is 0 Å². The summed E-state index contributed by atoms with van der Waals surface area (Å²) in [4.78, 5) is 4.15. The van der Waals surface area contributed by atoms with Gasteiger partial charge in [-0.05, 0) is 18.9 Å². The number of ether oxygens (including phenoxy) is 1. The summed E-state index contributed by atoms with van der Waals surface area (Å²) in [6.45, 7) is 4.19. The van der Waals surface area contributed by atoms with Crippen LogP contribution in [0.2, 0.25) is 5.15 Å². The standard InChI is InChI=1S/C14H17ClN2O/c1-12-16-10-14(15)17(12)8-5-9-18-11-13-6-3-2-4-7-13/h2-4,6-7,10H,5,8-9,11H2,1H3. The largest absolute Gasteiger partial charge is 0.377 e. The minimum absolute atomic E-state index is 0.664. The number of rotatable bonds is 6. The third-order valence-electron chi connectivity index (χ3n) is 2.79. The minimum atomic E-state index is 0.664. The molecule has 2 aromatic rings. The number of hydrogen-bond acceptors (Lipinski definition) is 2. The van der Waals surface area contributed by atoms with Crippen LogP contribution in [0.1, 0.15) is 17.8 Å². The van der Waals surface area contributed by atoms with Crippen LogP contribution in [-0.2, 0) is 17.9 Å². The van der Waals surface area contributed by atoms with Crippen LogP contribution in [0.15, 0.2) is 36.5 Å². The van der Waals surface area contributed by atoms with Crippen molar-refractivity contribution in [2.45, 2.75) is 26.5 Å². The van der Waals surface area contributed by atoms with E-state index in [0.717, 1.165) is 25.4 Å². The molecule has 0 radical (unpaired) electrons. The van der Waals surface area contributed by atoms with E-state index in [0.29, 0.717) is 11.8 Å². The van der Waals surface area contributed by atoms with Crippen LogP contribution in [0.4, 0.5) is 0 Å². The molecule has 0 aliphatic heterocycles. The lowest BCUT2D eigenvalue weighted by Crippen LogP contribution is -2.04. The maximum absolute atomic E-state index is 6.01. The molecular weight excluding hydrogens is 248 g/mol. The van der Waals surface area contributed by atoms with Crippen molar-refractivity contribution in [3.63, 3.8) is 0 Å². The van der Waals surface area contributed by atoms with E-state index in [1.165, 1.54) is 5.56 Å². The molecule has 3 nitrogen and oxygen atoms in total. The van der Waals surface area contributed by atoms with Gasteiger partial charge in [-0.25, -0.2) is 4.98 Å². The van der Waals surface area contributed by atoms with Crippen molar-refractivity contribution >= 4 is 11.6 Å². The fourth-order valence-electron chi connectivity index (χ4n) is 1.80. The summed E-state index contributed by atoms with van der Waals surface area (Å²) in [6, 6.07) is 10.2. The third-order valence-corrected chi connectivity index (χ3v) is 3.09. The fraction of sp³-hybridized carbons (Fsp3) is 0.357. The molecule has 1 aromatic carbocycles. The SMILES string of the molecule is Cc1ncc(Cl)n1CCCOCc1ccccc1. The number of halogens is 1. The quantitative estimate of drug-likeness (QED) is 0.747. The first kappa shape index (κ1) is 13.1. The van der Waals surface area contributed by atoms with Crippen LogP contribution in [0.3, 0.4) is 0 Å². The minimum Gasteiger partial charge on any atom is -0.377 e. The third kappa shape index (κ3) is 3.59. The number of hydrogen-bond donors (Lipinski definition) is 0. The lowest BCUT2D eigenvalue weighted by molar-refractivity contribution is 0.115.